The fraction of sp³-hybridized carbons (Fsp3) is 0.692. The molecule has 0 aliphatic carbocycles. The van der Waals surface area contributed by atoms with Crippen LogP contribution in [0.3, 0.4) is 0 Å². The summed E-state index contributed by atoms with van der Waals surface area (Å²) in [6, 6.07) is 2.63. The minimum Gasteiger partial charge on any atom is -0.472 e. The van der Waals surface area contributed by atoms with Gasteiger partial charge in [-0.05, 0) is 32.5 Å². The summed E-state index contributed by atoms with van der Waals surface area (Å²) in [5, 5.41) is 3.48. The average Bonchev–Trinajstić information content (AvgIpc) is 2.77. The van der Waals surface area contributed by atoms with E-state index in [1.165, 1.54) is 18.4 Å². The van der Waals surface area contributed by atoms with Gasteiger partial charge in [0, 0.05) is 24.7 Å². The Labute approximate surface area is 98.8 Å². The van der Waals surface area contributed by atoms with E-state index in [-0.39, 0.29) is 0 Å². The smallest absolute Gasteiger partial charge is 0.0947 e. The van der Waals surface area contributed by atoms with Crippen molar-refractivity contribution in [3.05, 3.63) is 24.2 Å². The molecule has 0 saturated heterocycles. The van der Waals surface area contributed by atoms with E-state index in [4.69, 9.17) is 4.42 Å². The molecule has 1 atom stereocenters. The molecular formula is C13H24N2O. The van der Waals surface area contributed by atoms with Crippen LogP contribution in [0.1, 0.15) is 32.3 Å². The van der Waals surface area contributed by atoms with Gasteiger partial charge in [-0.2, -0.15) is 0 Å². The molecule has 92 valence electrons. The highest BCUT2D eigenvalue weighted by Gasteiger charge is 2.12. The number of likely N-dealkylation sites (N-methyl/N-ethyl adjacent to an activating group) is 1. The predicted octanol–water partition coefficient (Wildman–Crippen LogP) is 2.49. The third kappa shape index (κ3) is 4.37. The summed E-state index contributed by atoms with van der Waals surface area (Å²) in [5.41, 5.74) is 1.25. The van der Waals surface area contributed by atoms with Crippen molar-refractivity contribution in [2.75, 3.05) is 20.1 Å². The van der Waals surface area contributed by atoms with E-state index in [2.05, 4.69) is 31.1 Å². The summed E-state index contributed by atoms with van der Waals surface area (Å²) < 4.78 is 5.09. The SMILES string of the molecule is CCCNCC(CC)N(C)Cc1ccoc1. The van der Waals surface area contributed by atoms with Crippen LogP contribution in [-0.2, 0) is 6.54 Å². The van der Waals surface area contributed by atoms with Crippen molar-refractivity contribution in [1.82, 2.24) is 10.2 Å². The molecule has 1 unspecified atom stereocenters. The lowest BCUT2D eigenvalue weighted by Gasteiger charge is -2.27. The molecule has 1 heterocycles. The lowest BCUT2D eigenvalue weighted by atomic mass is 10.2. The van der Waals surface area contributed by atoms with E-state index in [1.54, 1.807) is 6.26 Å². The highest BCUT2D eigenvalue weighted by Crippen LogP contribution is 2.08. The number of hydrogen-bond donors (Lipinski definition) is 1. The van der Waals surface area contributed by atoms with Gasteiger partial charge in [-0.25, -0.2) is 0 Å². The number of rotatable bonds is 8. The topological polar surface area (TPSA) is 28.4 Å². The van der Waals surface area contributed by atoms with Gasteiger partial charge in [0.05, 0.1) is 12.5 Å². The van der Waals surface area contributed by atoms with Crippen LogP contribution in [-0.4, -0.2) is 31.1 Å². The van der Waals surface area contributed by atoms with Gasteiger partial charge in [-0.1, -0.05) is 13.8 Å². The maximum absolute atomic E-state index is 5.09. The number of hydrogen-bond acceptors (Lipinski definition) is 3. The van der Waals surface area contributed by atoms with Gasteiger partial charge < -0.3 is 9.73 Å². The molecule has 0 amide bonds. The van der Waals surface area contributed by atoms with Crippen molar-refractivity contribution in [1.29, 1.82) is 0 Å². The van der Waals surface area contributed by atoms with Crippen LogP contribution in [0, 0.1) is 0 Å². The Kier molecular flexibility index (Phi) is 6.19. The predicted molar refractivity (Wildman–Crippen MR) is 67.4 cm³/mol. The van der Waals surface area contributed by atoms with Crippen molar-refractivity contribution in [3.63, 3.8) is 0 Å². The van der Waals surface area contributed by atoms with E-state index >= 15 is 0 Å². The first-order chi connectivity index (χ1) is 7.77. The Bertz CT molecular complexity index is 259. The summed E-state index contributed by atoms with van der Waals surface area (Å²) >= 11 is 0. The number of nitrogens with zero attached hydrogens (tertiary/aromatic N) is 1. The van der Waals surface area contributed by atoms with E-state index in [0.717, 1.165) is 19.6 Å². The molecule has 0 aliphatic heterocycles. The lowest BCUT2D eigenvalue weighted by Crippen LogP contribution is -2.39. The molecule has 0 radical (unpaired) electrons. The van der Waals surface area contributed by atoms with Crippen molar-refractivity contribution in [2.24, 2.45) is 0 Å². The largest absolute Gasteiger partial charge is 0.472 e. The molecule has 0 bridgehead atoms. The van der Waals surface area contributed by atoms with Crippen LogP contribution in [0.5, 0.6) is 0 Å². The quantitative estimate of drug-likeness (QED) is 0.688. The van der Waals surface area contributed by atoms with Crippen LogP contribution < -0.4 is 5.32 Å². The highest BCUT2D eigenvalue weighted by molar-refractivity contribution is 5.04. The second-order valence-corrected chi connectivity index (χ2v) is 4.31. The molecule has 0 spiro atoms. The maximum Gasteiger partial charge on any atom is 0.0947 e. The van der Waals surface area contributed by atoms with Gasteiger partial charge >= 0.3 is 0 Å². The summed E-state index contributed by atoms with van der Waals surface area (Å²) in [5.74, 6) is 0. The average molecular weight is 224 g/mol. The lowest BCUT2D eigenvalue weighted by molar-refractivity contribution is 0.221. The van der Waals surface area contributed by atoms with Gasteiger partial charge in [0.1, 0.15) is 0 Å². The van der Waals surface area contributed by atoms with Crippen molar-refractivity contribution >= 4 is 0 Å². The van der Waals surface area contributed by atoms with E-state index in [0.29, 0.717) is 6.04 Å². The highest BCUT2D eigenvalue weighted by atomic mass is 16.3. The Balaban J connectivity index is 2.33. The molecule has 0 aliphatic rings. The zero-order valence-corrected chi connectivity index (χ0v) is 10.7. The zero-order chi connectivity index (χ0) is 11.8. The molecule has 1 N–H and O–H groups in total. The van der Waals surface area contributed by atoms with Crippen LogP contribution >= 0.6 is 0 Å². The van der Waals surface area contributed by atoms with E-state index in [1.807, 2.05) is 12.3 Å². The summed E-state index contributed by atoms with van der Waals surface area (Å²) in [6.45, 7) is 7.57. The Morgan fingerprint density at radius 3 is 2.81 bits per heavy atom. The molecule has 0 fully saturated rings. The molecule has 16 heavy (non-hydrogen) atoms. The molecule has 0 saturated carbocycles. The monoisotopic (exact) mass is 224 g/mol. The second kappa shape index (κ2) is 7.47. The molecule has 3 nitrogen and oxygen atoms in total. The van der Waals surface area contributed by atoms with Gasteiger partial charge in [0.2, 0.25) is 0 Å². The van der Waals surface area contributed by atoms with Crippen LogP contribution in [0.25, 0.3) is 0 Å². The minimum absolute atomic E-state index is 0.599. The Morgan fingerprint density at radius 1 is 1.44 bits per heavy atom. The first-order valence-corrected chi connectivity index (χ1v) is 6.20. The fourth-order valence-electron chi connectivity index (χ4n) is 1.86. The standard InChI is InChI=1S/C13H24N2O/c1-4-7-14-9-13(5-2)15(3)10-12-6-8-16-11-12/h6,8,11,13-14H,4-5,7,9-10H2,1-3H3. The second-order valence-electron chi connectivity index (χ2n) is 4.31. The van der Waals surface area contributed by atoms with Gasteiger partial charge in [0.25, 0.3) is 0 Å². The summed E-state index contributed by atoms with van der Waals surface area (Å²) in [6.07, 6.45) is 5.93. The minimum atomic E-state index is 0.599. The normalized spacial score (nSPS) is 13.2. The third-order valence-corrected chi connectivity index (χ3v) is 2.91. The molecule has 0 aromatic carbocycles. The Morgan fingerprint density at radius 2 is 2.25 bits per heavy atom. The molecule has 1 aromatic heterocycles. The maximum atomic E-state index is 5.09. The summed E-state index contributed by atoms with van der Waals surface area (Å²) in [4.78, 5) is 2.38. The van der Waals surface area contributed by atoms with Gasteiger partial charge in [-0.15, -0.1) is 0 Å². The first kappa shape index (κ1) is 13.3. The van der Waals surface area contributed by atoms with Gasteiger partial charge in [-0.3, -0.25) is 4.90 Å². The van der Waals surface area contributed by atoms with Crippen LogP contribution in [0.4, 0.5) is 0 Å². The van der Waals surface area contributed by atoms with Crippen LogP contribution in [0.2, 0.25) is 0 Å². The van der Waals surface area contributed by atoms with E-state index < -0.39 is 0 Å². The Hall–Kier alpha value is -0.800. The molecular weight excluding hydrogens is 200 g/mol. The molecule has 3 heteroatoms. The third-order valence-electron chi connectivity index (χ3n) is 2.91. The summed E-state index contributed by atoms with van der Waals surface area (Å²) in [7, 11) is 2.18. The van der Waals surface area contributed by atoms with Crippen LogP contribution in [0.15, 0.2) is 23.0 Å². The van der Waals surface area contributed by atoms with E-state index in [9.17, 15) is 0 Å². The zero-order valence-electron chi connectivity index (χ0n) is 10.7. The van der Waals surface area contributed by atoms with Crippen molar-refractivity contribution < 1.29 is 4.42 Å². The van der Waals surface area contributed by atoms with Gasteiger partial charge in [0.15, 0.2) is 0 Å². The first-order valence-electron chi connectivity index (χ1n) is 6.20. The van der Waals surface area contributed by atoms with Crippen molar-refractivity contribution in [2.45, 2.75) is 39.3 Å². The molecule has 1 aromatic rings. The molecule has 1 rings (SSSR count). The van der Waals surface area contributed by atoms with Crippen molar-refractivity contribution in [3.8, 4) is 0 Å². The number of furan rings is 1. The fourth-order valence-corrected chi connectivity index (χ4v) is 1.86. The number of nitrogens with one attached hydrogen (secondary N) is 1.